The van der Waals surface area contributed by atoms with E-state index in [0.717, 1.165) is 22.5 Å². The van der Waals surface area contributed by atoms with E-state index in [1.165, 1.54) is 0 Å². The minimum atomic E-state index is -4.13. The van der Waals surface area contributed by atoms with E-state index in [1.807, 2.05) is 42.2 Å². The van der Waals surface area contributed by atoms with Crippen molar-refractivity contribution in [3.63, 3.8) is 0 Å². The quantitative estimate of drug-likeness (QED) is 0.594. The minimum Gasteiger partial charge on any atom is -0.357 e. The number of benzene rings is 1. The first-order chi connectivity index (χ1) is 16.2. The molecule has 1 aromatic heterocycles. The molecule has 1 aromatic carbocycles. The molecule has 0 aliphatic carbocycles. The Bertz CT molecular complexity index is 1030. The van der Waals surface area contributed by atoms with Gasteiger partial charge in [-0.1, -0.05) is 12.1 Å². The summed E-state index contributed by atoms with van der Waals surface area (Å²) in [6, 6.07) is 9.50. The number of aromatic nitrogens is 1. The van der Waals surface area contributed by atoms with Crippen molar-refractivity contribution in [2.75, 3.05) is 29.9 Å². The molecule has 0 spiro atoms. The molecule has 10 heteroatoms. The van der Waals surface area contributed by atoms with Crippen molar-refractivity contribution in [2.24, 2.45) is 11.8 Å². The second-order valence-electron chi connectivity index (χ2n) is 8.91. The standard InChI is InChI=1S/C24H28F3N5O2/c1-15-10-21(32-8-6-18(7-9-32)24(25,26)27)28-14-20(15)31-19-4-2-16(3-5-19)12-30-23(34)17-11-22(33)29-13-17/h2-5,10,14,17-18,31H,6-9,11-13H2,1H3,(H,29,33)(H,30,34). The molecule has 0 bridgehead atoms. The zero-order chi connectivity index (χ0) is 24.3. The molecule has 2 amide bonds. The van der Waals surface area contributed by atoms with Gasteiger partial charge in [0.05, 0.1) is 23.7 Å². The minimum absolute atomic E-state index is 0.0900. The fourth-order valence-corrected chi connectivity index (χ4v) is 4.27. The second kappa shape index (κ2) is 9.90. The Labute approximate surface area is 196 Å². The average Bonchev–Trinajstić information content (AvgIpc) is 3.25. The first-order valence-electron chi connectivity index (χ1n) is 11.4. The first-order valence-corrected chi connectivity index (χ1v) is 11.4. The number of aryl methyl sites for hydroxylation is 1. The zero-order valence-electron chi connectivity index (χ0n) is 18.9. The van der Waals surface area contributed by atoms with Crippen molar-refractivity contribution in [2.45, 2.75) is 38.9 Å². The Balaban J connectivity index is 1.30. The molecule has 3 heterocycles. The van der Waals surface area contributed by atoms with Crippen molar-refractivity contribution in [1.29, 1.82) is 0 Å². The number of nitrogens with zero attached hydrogens (tertiary/aromatic N) is 2. The molecule has 2 fully saturated rings. The molecular formula is C24H28F3N5O2. The zero-order valence-corrected chi connectivity index (χ0v) is 18.9. The van der Waals surface area contributed by atoms with Gasteiger partial charge in [0.25, 0.3) is 0 Å². The van der Waals surface area contributed by atoms with Crippen LogP contribution in [0, 0.1) is 18.8 Å². The Morgan fingerprint density at radius 1 is 1.21 bits per heavy atom. The molecule has 3 N–H and O–H groups in total. The normalized spacial score (nSPS) is 19.1. The predicted molar refractivity (Wildman–Crippen MR) is 123 cm³/mol. The highest BCUT2D eigenvalue weighted by atomic mass is 19.4. The number of amides is 2. The second-order valence-corrected chi connectivity index (χ2v) is 8.91. The van der Waals surface area contributed by atoms with E-state index in [2.05, 4.69) is 20.9 Å². The fourth-order valence-electron chi connectivity index (χ4n) is 4.27. The van der Waals surface area contributed by atoms with Crippen LogP contribution in [0.1, 0.15) is 30.4 Å². The van der Waals surface area contributed by atoms with Gasteiger partial charge in [-0.15, -0.1) is 0 Å². The SMILES string of the molecule is Cc1cc(N2CCC(C(F)(F)F)CC2)ncc1Nc1ccc(CNC(=O)C2CNC(=O)C2)cc1. The van der Waals surface area contributed by atoms with Crippen LogP contribution in [-0.2, 0) is 16.1 Å². The number of alkyl halides is 3. The highest BCUT2D eigenvalue weighted by Gasteiger charge is 2.41. The highest BCUT2D eigenvalue weighted by molar-refractivity contribution is 5.89. The molecule has 0 saturated carbocycles. The van der Waals surface area contributed by atoms with Gasteiger partial charge in [-0.2, -0.15) is 13.2 Å². The van der Waals surface area contributed by atoms with Gasteiger partial charge in [-0.3, -0.25) is 9.59 Å². The summed E-state index contributed by atoms with van der Waals surface area (Å²) < 4.78 is 38.7. The molecule has 0 radical (unpaired) electrons. The first kappa shape index (κ1) is 23.8. The molecule has 2 aliphatic rings. The number of pyridine rings is 1. The van der Waals surface area contributed by atoms with Gasteiger partial charge in [0.1, 0.15) is 5.82 Å². The van der Waals surface area contributed by atoms with Crippen LogP contribution in [0.15, 0.2) is 36.5 Å². The Morgan fingerprint density at radius 3 is 2.50 bits per heavy atom. The van der Waals surface area contributed by atoms with E-state index >= 15 is 0 Å². The van der Waals surface area contributed by atoms with Crippen molar-refractivity contribution < 1.29 is 22.8 Å². The van der Waals surface area contributed by atoms with Gasteiger partial charge in [0.2, 0.25) is 11.8 Å². The lowest BCUT2D eigenvalue weighted by Gasteiger charge is -2.33. The molecule has 34 heavy (non-hydrogen) atoms. The van der Waals surface area contributed by atoms with Crippen molar-refractivity contribution >= 4 is 29.0 Å². The molecule has 2 saturated heterocycles. The van der Waals surface area contributed by atoms with E-state index in [9.17, 15) is 22.8 Å². The summed E-state index contributed by atoms with van der Waals surface area (Å²) in [4.78, 5) is 29.7. The summed E-state index contributed by atoms with van der Waals surface area (Å²) in [5, 5.41) is 8.82. The van der Waals surface area contributed by atoms with E-state index in [-0.39, 0.29) is 37.0 Å². The molecule has 1 atom stereocenters. The molecule has 2 aromatic rings. The number of piperidine rings is 1. The third-order valence-corrected chi connectivity index (χ3v) is 6.43. The molecule has 7 nitrogen and oxygen atoms in total. The number of carbonyl (C=O) groups is 2. The highest BCUT2D eigenvalue weighted by Crippen LogP contribution is 2.35. The number of nitrogens with one attached hydrogen (secondary N) is 3. The number of hydrogen-bond donors (Lipinski definition) is 3. The Morgan fingerprint density at radius 2 is 1.91 bits per heavy atom. The third-order valence-electron chi connectivity index (χ3n) is 6.43. The van der Waals surface area contributed by atoms with Crippen LogP contribution in [0.5, 0.6) is 0 Å². The average molecular weight is 476 g/mol. The molecule has 2 aliphatic heterocycles. The Hall–Kier alpha value is -3.30. The van der Waals surface area contributed by atoms with E-state index in [1.54, 1.807) is 6.20 Å². The molecule has 4 rings (SSSR count). The Kier molecular flexibility index (Phi) is 6.95. The van der Waals surface area contributed by atoms with Crippen LogP contribution in [-0.4, -0.2) is 42.6 Å². The lowest BCUT2D eigenvalue weighted by atomic mass is 9.96. The predicted octanol–water partition coefficient (Wildman–Crippen LogP) is 3.66. The topological polar surface area (TPSA) is 86.4 Å². The summed E-state index contributed by atoms with van der Waals surface area (Å²) in [5.74, 6) is -1.09. The lowest BCUT2D eigenvalue weighted by Crippen LogP contribution is -2.39. The van der Waals surface area contributed by atoms with E-state index in [4.69, 9.17) is 0 Å². The van der Waals surface area contributed by atoms with Crippen LogP contribution < -0.4 is 20.9 Å². The van der Waals surface area contributed by atoms with Gasteiger partial charge in [0.15, 0.2) is 0 Å². The van der Waals surface area contributed by atoms with Gasteiger partial charge < -0.3 is 20.9 Å². The summed E-state index contributed by atoms with van der Waals surface area (Å²) in [6.07, 6.45) is -2.02. The van der Waals surface area contributed by atoms with Crippen LogP contribution in [0.3, 0.4) is 0 Å². The van der Waals surface area contributed by atoms with Crippen LogP contribution >= 0.6 is 0 Å². The number of rotatable bonds is 6. The number of anilines is 3. The fraction of sp³-hybridized carbons (Fsp3) is 0.458. The van der Waals surface area contributed by atoms with Crippen LogP contribution in [0.4, 0.5) is 30.4 Å². The summed E-state index contributed by atoms with van der Waals surface area (Å²) in [7, 11) is 0. The lowest BCUT2D eigenvalue weighted by molar-refractivity contribution is -0.179. The van der Waals surface area contributed by atoms with E-state index in [0.29, 0.717) is 32.0 Å². The van der Waals surface area contributed by atoms with Gasteiger partial charge >= 0.3 is 6.18 Å². The maximum Gasteiger partial charge on any atom is 0.391 e. The van der Waals surface area contributed by atoms with Gasteiger partial charge in [0, 0.05) is 38.3 Å². The molecular weight excluding hydrogens is 447 g/mol. The maximum absolute atomic E-state index is 12.9. The summed E-state index contributed by atoms with van der Waals surface area (Å²) in [5.41, 5.74) is 3.54. The number of hydrogen-bond acceptors (Lipinski definition) is 5. The van der Waals surface area contributed by atoms with Crippen LogP contribution in [0.2, 0.25) is 0 Å². The maximum atomic E-state index is 12.9. The number of carbonyl (C=O) groups excluding carboxylic acids is 2. The van der Waals surface area contributed by atoms with Crippen LogP contribution in [0.25, 0.3) is 0 Å². The van der Waals surface area contributed by atoms with Crippen molar-refractivity contribution in [3.8, 4) is 0 Å². The van der Waals surface area contributed by atoms with Gasteiger partial charge in [-0.25, -0.2) is 4.98 Å². The molecule has 182 valence electrons. The smallest absolute Gasteiger partial charge is 0.357 e. The van der Waals surface area contributed by atoms with Gasteiger partial charge in [-0.05, 0) is 49.1 Å². The monoisotopic (exact) mass is 475 g/mol. The van der Waals surface area contributed by atoms with Crippen molar-refractivity contribution in [3.05, 3.63) is 47.7 Å². The molecule has 1 unspecified atom stereocenters. The summed E-state index contributed by atoms with van der Waals surface area (Å²) in [6.45, 7) is 3.38. The largest absolute Gasteiger partial charge is 0.391 e. The van der Waals surface area contributed by atoms with E-state index < -0.39 is 12.1 Å². The number of halogens is 3. The summed E-state index contributed by atoms with van der Waals surface area (Å²) >= 11 is 0. The third kappa shape index (κ3) is 5.78. The van der Waals surface area contributed by atoms with Crippen molar-refractivity contribution in [1.82, 2.24) is 15.6 Å².